The molecule has 0 bridgehead atoms. The highest BCUT2D eigenvalue weighted by Crippen LogP contribution is 2.01. The smallest absolute Gasteiger partial charge is 0.326 e. The molecule has 0 saturated heterocycles. The molecule has 0 aromatic carbocycles. The summed E-state index contributed by atoms with van der Waals surface area (Å²) in [5.41, 5.74) is 4.98. The minimum Gasteiger partial charge on any atom is -0.480 e. The number of carboxylic acid groups (broad SMARTS) is 1. The van der Waals surface area contributed by atoms with Crippen molar-refractivity contribution in [2.24, 2.45) is 5.73 Å². The van der Waals surface area contributed by atoms with Crippen molar-refractivity contribution in [2.45, 2.75) is 25.8 Å². The van der Waals surface area contributed by atoms with Crippen molar-refractivity contribution in [2.75, 3.05) is 20.2 Å². The summed E-state index contributed by atoms with van der Waals surface area (Å²) in [6.45, 7) is 1.50. The fourth-order valence-corrected chi connectivity index (χ4v) is 1.38. The molecule has 0 fully saturated rings. The molecule has 20 heavy (non-hydrogen) atoms. The number of carbonyl (C=O) groups is 4. The molecule has 0 aromatic heterocycles. The number of carbonyl (C=O) groups excluding carboxylic acids is 3. The number of methoxy groups -OCH3 is 1. The van der Waals surface area contributed by atoms with Crippen LogP contribution >= 0.6 is 0 Å². The van der Waals surface area contributed by atoms with E-state index in [1.807, 2.05) is 0 Å². The molecule has 0 saturated carbocycles. The number of carboxylic acids is 1. The van der Waals surface area contributed by atoms with Crippen LogP contribution in [0.3, 0.4) is 0 Å². The standard InChI is InChI=1S/C11H19N3O6/c1-3-14(6-8(12)15)11(19)13-7(10(17)18)4-5-9(16)20-2/h7H,3-6H2,1-2H3,(H2,12,15)(H,13,19)(H,17,18)/t7-/m0/s1. The van der Waals surface area contributed by atoms with Crippen LogP contribution in [0.2, 0.25) is 0 Å². The highest BCUT2D eigenvalue weighted by Gasteiger charge is 2.24. The summed E-state index contributed by atoms with van der Waals surface area (Å²) in [7, 11) is 1.18. The second kappa shape index (κ2) is 8.73. The number of primary amides is 1. The normalized spacial score (nSPS) is 11.3. The van der Waals surface area contributed by atoms with Gasteiger partial charge in [-0.1, -0.05) is 0 Å². The van der Waals surface area contributed by atoms with Crippen molar-refractivity contribution >= 4 is 23.9 Å². The lowest BCUT2D eigenvalue weighted by atomic mass is 10.1. The van der Waals surface area contributed by atoms with E-state index < -0.39 is 29.9 Å². The van der Waals surface area contributed by atoms with Gasteiger partial charge >= 0.3 is 18.0 Å². The van der Waals surface area contributed by atoms with Gasteiger partial charge in [-0.3, -0.25) is 9.59 Å². The lowest BCUT2D eigenvalue weighted by molar-refractivity contribution is -0.142. The molecule has 1 atom stereocenters. The number of esters is 1. The molecular weight excluding hydrogens is 270 g/mol. The summed E-state index contributed by atoms with van der Waals surface area (Å²) in [6, 6.07) is -1.98. The quantitative estimate of drug-likeness (QED) is 0.485. The van der Waals surface area contributed by atoms with Gasteiger partial charge in [-0.05, 0) is 13.3 Å². The molecule has 9 heteroatoms. The van der Waals surface area contributed by atoms with Gasteiger partial charge in [0.05, 0.1) is 7.11 Å². The maximum atomic E-state index is 11.8. The molecule has 0 unspecified atom stereocenters. The zero-order chi connectivity index (χ0) is 15.7. The maximum Gasteiger partial charge on any atom is 0.326 e. The number of rotatable bonds is 8. The van der Waals surface area contributed by atoms with Gasteiger partial charge in [0.2, 0.25) is 5.91 Å². The highest BCUT2D eigenvalue weighted by atomic mass is 16.5. The number of nitrogens with two attached hydrogens (primary N) is 1. The molecule has 0 aromatic rings. The van der Waals surface area contributed by atoms with Crippen LogP contribution in [0.4, 0.5) is 4.79 Å². The predicted octanol–water partition coefficient (Wildman–Crippen LogP) is -1.09. The Hall–Kier alpha value is -2.32. The number of nitrogens with zero attached hydrogens (tertiary/aromatic N) is 1. The first-order valence-electron chi connectivity index (χ1n) is 5.95. The number of hydrogen-bond donors (Lipinski definition) is 3. The van der Waals surface area contributed by atoms with E-state index in [-0.39, 0.29) is 25.9 Å². The first-order chi connectivity index (χ1) is 9.31. The summed E-state index contributed by atoms with van der Waals surface area (Å²) < 4.78 is 4.39. The highest BCUT2D eigenvalue weighted by molar-refractivity contribution is 5.86. The third-order valence-corrected chi connectivity index (χ3v) is 2.48. The van der Waals surface area contributed by atoms with Crippen molar-refractivity contribution in [1.82, 2.24) is 10.2 Å². The Kier molecular flexibility index (Phi) is 7.71. The molecule has 0 rings (SSSR count). The van der Waals surface area contributed by atoms with Crippen LogP contribution in [0.5, 0.6) is 0 Å². The van der Waals surface area contributed by atoms with Gasteiger partial charge in [-0.15, -0.1) is 0 Å². The van der Waals surface area contributed by atoms with Crippen LogP contribution in [0.1, 0.15) is 19.8 Å². The Morgan fingerprint density at radius 2 is 1.95 bits per heavy atom. The average Bonchev–Trinajstić information content (AvgIpc) is 2.39. The van der Waals surface area contributed by atoms with Crippen LogP contribution in [0, 0.1) is 0 Å². The maximum absolute atomic E-state index is 11.8. The predicted molar refractivity (Wildman–Crippen MR) is 67.6 cm³/mol. The molecule has 3 amide bonds. The number of nitrogens with one attached hydrogen (secondary N) is 1. The van der Waals surface area contributed by atoms with E-state index in [2.05, 4.69) is 10.1 Å². The van der Waals surface area contributed by atoms with Crippen LogP contribution in [0.15, 0.2) is 0 Å². The second-order valence-electron chi connectivity index (χ2n) is 3.94. The van der Waals surface area contributed by atoms with Gasteiger partial charge in [0, 0.05) is 13.0 Å². The van der Waals surface area contributed by atoms with E-state index in [0.29, 0.717) is 0 Å². The van der Waals surface area contributed by atoms with Crippen LogP contribution in [-0.4, -0.2) is 60.1 Å². The number of likely N-dealkylation sites (N-methyl/N-ethyl adjacent to an activating group) is 1. The fourth-order valence-electron chi connectivity index (χ4n) is 1.38. The van der Waals surface area contributed by atoms with Crippen molar-refractivity contribution in [3.05, 3.63) is 0 Å². The van der Waals surface area contributed by atoms with Crippen molar-refractivity contribution < 1.29 is 29.0 Å². The Morgan fingerprint density at radius 3 is 2.35 bits per heavy atom. The SMILES string of the molecule is CCN(CC(N)=O)C(=O)N[C@@H](CCC(=O)OC)C(=O)O. The van der Waals surface area contributed by atoms with Crippen molar-refractivity contribution in [3.63, 3.8) is 0 Å². The van der Waals surface area contributed by atoms with Gasteiger partial charge < -0.3 is 25.8 Å². The van der Waals surface area contributed by atoms with Crippen LogP contribution in [-0.2, 0) is 19.1 Å². The first kappa shape index (κ1) is 17.7. The topological polar surface area (TPSA) is 139 Å². The molecule has 114 valence electrons. The molecule has 0 spiro atoms. The Labute approximate surface area is 116 Å². The van der Waals surface area contributed by atoms with Gasteiger partial charge in [0.1, 0.15) is 12.6 Å². The average molecular weight is 289 g/mol. The third kappa shape index (κ3) is 6.57. The summed E-state index contributed by atoms with van der Waals surface area (Å²) in [5, 5.41) is 11.2. The molecule has 0 aliphatic carbocycles. The second-order valence-corrected chi connectivity index (χ2v) is 3.94. The Morgan fingerprint density at radius 1 is 1.35 bits per heavy atom. The van der Waals surface area contributed by atoms with E-state index in [1.165, 1.54) is 7.11 Å². The Balaban J connectivity index is 4.56. The number of aliphatic carboxylic acids is 1. The van der Waals surface area contributed by atoms with E-state index in [9.17, 15) is 19.2 Å². The zero-order valence-electron chi connectivity index (χ0n) is 11.4. The monoisotopic (exact) mass is 289 g/mol. The number of urea groups is 1. The van der Waals surface area contributed by atoms with E-state index in [0.717, 1.165) is 4.90 Å². The number of hydrogen-bond acceptors (Lipinski definition) is 5. The largest absolute Gasteiger partial charge is 0.480 e. The molecular formula is C11H19N3O6. The molecule has 9 nitrogen and oxygen atoms in total. The van der Waals surface area contributed by atoms with Crippen molar-refractivity contribution in [3.8, 4) is 0 Å². The van der Waals surface area contributed by atoms with Gasteiger partial charge in [-0.25, -0.2) is 9.59 Å². The first-order valence-corrected chi connectivity index (χ1v) is 5.95. The molecule has 0 radical (unpaired) electrons. The summed E-state index contributed by atoms with van der Waals surface area (Å²) in [4.78, 5) is 45.6. The van der Waals surface area contributed by atoms with Gasteiger partial charge in [0.25, 0.3) is 0 Å². The molecule has 0 heterocycles. The lowest BCUT2D eigenvalue weighted by Crippen LogP contribution is -2.50. The lowest BCUT2D eigenvalue weighted by Gasteiger charge is -2.22. The number of ether oxygens (including phenoxy) is 1. The molecule has 0 aliphatic rings. The summed E-state index contributed by atoms with van der Waals surface area (Å²) in [5.74, 6) is -2.56. The Bertz CT molecular complexity index is 384. The third-order valence-electron chi connectivity index (χ3n) is 2.48. The van der Waals surface area contributed by atoms with E-state index in [4.69, 9.17) is 10.8 Å². The summed E-state index contributed by atoms with van der Waals surface area (Å²) >= 11 is 0. The number of amides is 3. The van der Waals surface area contributed by atoms with Crippen molar-refractivity contribution in [1.29, 1.82) is 0 Å². The minimum atomic E-state index is -1.28. The van der Waals surface area contributed by atoms with Gasteiger partial charge in [-0.2, -0.15) is 0 Å². The molecule has 4 N–H and O–H groups in total. The zero-order valence-corrected chi connectivity index (χ0v) is 11.4. The minimum absolute atomic E-state index is 0.109. The van der Waals surface area contributed by atoms with E-state index >= 15 is 0 Å². The van der Waals surface area contributed by atoms with E-state index in [1.54, 1.807) is 6.92 Å². The fraction of sp³-hybridized carbons (Fsp3) is 0.636. The molecule has 0 aliphatic heterocycles. The van der Waals surface area contributed by atoms with Gasteiger partial charge in [0.15, 0.2) is 0 Å². The van der Waals surface area contributed by atoms with Crippen LogP contribution in [0.25, 0.3) is 0 Å². The van der Waals surface area contributed by atoms with Crippen LogP contribution < -0.4 is 11.1 Å². The summed E-state index contributed by atoms with van der Waals surface area (Å²) in [6.07, 6.45) is -0.252.